The molecule has 2 bridgehead atoms. The number of benzene rings is 1. The molecule has 2 N–H and O–H groups in total. The number of fused-ring (bicyclic) bond motifs is 1. The van der Waals surface area contributed by atoms with E-state index in [4.69, 9.17) is 14.2 Å². The summed E-state index contributed by atoms with van der Waals surface area (Å²) in [7, 11) is 1.56. The molecule has 6 atom stereocenters. The molecule has 228 valence electrons. The summed E-state index contributed by atoms with van der Waals surface area (Å²) in [4.78, 5) is 56.8. The number of ether oxygens (including phenoxy) is 3. The molecule has 0 saturated carbocycles. The number of hydrogen-bond acceptors (Lipinski definition) is 8. The van der Waals surface area contributed by atoms with Crippen molar-refractivity contribution in [1.29, 1.82) is 0 Å². The first-order valence-electron chi connectivity index (χ1n) is 14.5. The monoisotopic (exact) mass is 583 g/mol. The van der Waals surface area contributed by atoms with Crippen LogP contribution in [0.1, 0.15) is 39.0 Å². The van der Waals surface area contributed by atoms with Crippen molar-refractivity contribution in [3.8, 4) is 5.75 Å². The molecule has 3 heterocycles. The topological polar surface area (TPSA) is 135 Å². The number of allylic oxidation sites excluding steroid dienone is 1. The standard InChI is InChI=1S/C31H41N3O8/c1-5-7-9-24(36)32-19-20(3)41-30(39)25-23-14-15-31(42-23)26(25)28(37)34(17-8-18-35)27(31)29(38)33(16-6-2)21-10-12-22(40-4)13-11-21/h5-6,10-13,20,23,25-27,35H,1-2,7-9,14-19H2,3-4H3,(H,32,36)/t20-,23+,25-,26-,27+,31-/m0/s1. The number of nitrogens with zero attached hydrogens (tertiary/aromatic N) is 2. The summed E-state index contributed by atoms with van der Waals surface area (Å²) in [6.07, 6.45) is 4.11. The molecule has 11 heteroatoms. The summed E-state index contributed by atoms with van der Waals surface area (Å²) >= 11 is 0. The number of carbonyl (C=O) groups is 4. The van der Waals surface area contributed by atoms with E-state index in [0.717, 1.165) is 0 Å². The van der Waals surface area contributed by atoms with Gasteiger partial charge in [-0.15, -0.1) is 13.2 Å². The minimum absolute atomic E-state index is 0.131. The van der Waals surface area contributed by atoms with Crippen LogP contribution in [0.3, 0.4) is 0 Å². The molecule has 1 aromatic carbocycles. The minimum Gasteiger partial charge on any atom is -0.497 e. The zero-order valence-corrected chi connectivity index (χ0v) is 24.3. The summed E-state index contributed by atoms with van der Waals surface area (Å²) in [5, 5.41) is 12.3. The number of aliphatic hydroxyl groups is 1. The molecule has 1 spiro atoms. The number of hydrogen-bond donors (Lipinski definition) is 2. The number of carbonyl (C=O) groups excluding carboxylic acids is 4. The lowest BCUT2D eigenvalue weighted by molar-refractivity contribution is -0.159. The molecule has 3 aliphatic heterocycles. The van der Waals surface area contributed by atoms with E-state index in [9.17, 15) is 24.3 Å². The van der Waals surface area contributed by atoms with E-state index in [-0.39, 0.29) is 50.4 Å². The van der Waals surface area contributed by atoms with E-state index in [1.807, 2.05) is 0 Å². The molecule has 3 fully saturated rings. The Morgan fingerprint density at radius 2 is 2.00 bits per heavy atom. The van der Waals surface area contributed by atoms with Crippen molar-refractivity contribution in [2.45, 2.75) is 62.9 Å². The summed E-state index contributed by atoms with van der Waals surface area (Å²) in [6.45, 7) is 9.38. The quantitative estimate of drug-likeness (QED) is 0.237. The van der Waals surface area contributed by atoms with Crippen molar-refractivity contribution in [2.24, 2.45) is 11.8 Å². The van der Waals surface area contributed by atoms with Gasteiger partial charge in [0.2, 0.25) is 11.8 Å². The lowest BCUT2D eigenvalue weighted by Crippen LogP contribution is -2.56. The smallest absolute Gasteiger partial charge is 0.312 e. The van der Waals surface area contributed by atoms with Crippen LogP contribution >= 0.6 is 0 Å². The van der Waals surface area contributed by atoms with E-state index in [0.29, 0.717) is 37.1 Å². The van der Waals surface area contributed by atoms with E-state index < -0.39 is 41.7 Å². The van der Waals surface area contributed by atoms with Gasteiger partial charge in [0.15, 0.2) is 0 Å². The maximum atomic E-state index is 14.4. The zero-order valence-electron chi connectivity index (χ0n) is 24.3. The number of methoxy groups -OCH3 is 1. The third-order valence-corrected chi connectivity index (χ3v) is 8.30. The lowest BCUT2D eigenvalue weighted by Gasteiger charge is -2.36. The van der Waals surface area contributed by atoms with Crippen molar-refractivity contribution in [3.05, 3.63) is 49.6 Å². The molecule has 3 amide bonds. The fourth-order valence-corrected chi connectivity index (χ4v) is 6.44. The highest BCUT2D eigenvalue weighted by Crippen LogP contribution is 2.59. The first-order valence-corrected chi connectivity index (χ1v) is 14.5. The Bertz CT molecular complexity index is 1190. The molecule has 4 rings (SSSR count). The number of rotatable bonds is 15. The molecule has 3 saturated heterocycles. The Hall–Kier alpha value is -3.70. The van der Waals surface area contributed by atoms with Crippen molar-refractivity contribution < 1.29 is 38.5 Å². The Labute approximate surface area is 246 Å². The fourth-order valence-electron chi connectivity index (χ4n) is 6.44. The Morgan fingerprint density at radius 1 is 1.26 bits per heavy atom. The molecule has 0 unspecified atom stereocenters. The molecule has 0 radical (unpaired) electrons. The average molecular weight is 584 g/mol. The van der Waals surface area contributed by atoms with Crippen molar-refractivity contribution >= 4 is 29.4 Å². The van der Waals surface area contributed by atoms with Gasteiger partial charge in [0, 0.05) is 31.8 Å². The maximum absolute atomic E-state index is 14.4. The van der Waals surface area contributed by atoms with E-state index in [1.54, 1.807) is 55.4 Å². The molecule has 42 heavy (non-hydrogen) atoms. The molecular weight excluding hydrogens is 542 g/mol. The Kier molecular flexibility index (Phi) is 10.1. The third kappa shape index (κ3) is 5.94. The molecular formula is C31H41N3O8. The highest BCUT2D eigenvalue weighted by Gasteiger charge is 2.75. The Balaban J connectivity index is 1.59. The minimum atomic E-state index is -1.20. The van der Waals surface area contributed by atoms with Crippen LogP contribution in [0.15, 0.2) is 49.6 Å². The highest BCUT2D eigenvalue weighted by molar-refractivity contribution is 6.04. The summed E-state index contributed by atoms with van der Waals surface area (Å²) < 4.78 is 17.4. The maximum Gasteiger partial charge on any atom is 0.312 e. The van der Waals surface area contributed by atoms with Gasteiger partial charge in [-0.05, 0) is 56.9 Å². The summed E-state index contributed by atoms with van der Waals surface area (Å²) in [5.74, 6) is -2.60. The van der Waals surface area contributed by atoms with Gasteiger partial charge in [-0.2, -0.15) is 0 Å². The number of anilines is 1. The lowest BCUT2D eigenvalue weighted by atomic mass is 9.70. The van der Waals surface area contributed by atoms with Crippen LogP contribution in [0.2, 0.25) is 0 Å². The number of esters is 1. The van der Waals surface area contributed by atoms with Gasteiger partial charge >= 0.3 is 5.97 Å². The fraction of sp³-hybridized carbons (Fsp3) is 0.548. The van der Waals surface area contributed by atoms with Crippen LogP contribution in [0.4, 0.5) is 5.69 Å². The Morgan fingerprint density at radius 3 is 2.64 bits per heavy atom. The van der Waals surface area contributed by atoms with Crippen molar-refractivity contribution in [3.63, 3.8) is 0 Å². The number of aliphatic hydroxyl groups excluding tert-OH is 1. The van der Waals surface area contributed by atoms with Gasteiger partial charge < -0.3 is 34.4 Å². The second kappa shape index (κ2) is 13.5. The predicted octanol–water partition coefficient (Wildman–Crippen LogP) is 1.99. The zero-order chi connectivity index (χ0) is 30.4. The highest BCUT2D eigenvalue weighted by atomic mass is 16.6. The van der Waals surface area contributed by atoms with E-state index in [2.05, 4.69) is 18.5 Å². The second-order valence-electron chi connectivity index (χ2n) is 11.0. The first kappa shape index (κ1) is 31.2. The van der Waals surface area contributed by atoms with Gasteiger partial charge in [-0.1, -0.05) is 12.2 Å². The summed E-state index contributed by atoms with van der Waals surface area (Å²) in [5.41, 5.74) is -0.603. The van der Waals surface area contributed by atoms with Crippen LogP contribution in [-0.2, 0) is 28.7 Å². The summed E-state index contributed by atoms with van der Waals surface area (Å²) in [6, 6.07) is 6.02. The van der Waals surface area contributed by atoms with Gasteiger partial charge in [0.1, 0.15) is 23.5 Å². The normalized spacial score (nSPS) is 26.4. The predicted molar refractivity (Wildman–Crippen MR) is 155 cm³/mol. The van der Waals surface area contributed by atoms with Gasteiger partial charge in [-0.25, -0.2) is 0 Å². The third-order valence-electron chi connectivity index (χ3n) is 8.30. The van der Waals surface area contributed by atoms with E-state index >= 15 is 0 Å². The number of likely N-dealkylation sites (tertiary alicyclic amines) is 1. The molecule has 1 aromatic rings. The molecule has 11 nitrogen and oxygen atoms in total. The SMILES string of the molecule is C=CCCC(=O)NC[C@H](C)OC(=O)[C@@H]1[C@H]2C(=O)N(CCCO)[C@H](C(=O)N(CC=C)c3ccc(OC)cc3)[C@]23CC[C@H]1O3. The number of nitrogens with one attached hydrogen (secondary N) is 1. The van der Waals surface area contributed by atoms with E-state index in [1.165, 1.54) is 4.90 Å². The average Bonchev–Trinajstić information content (AvgIpc) is 3.63. The first-order chi connectivity index (χ1) is 20.2. The number of amides is 3. The van der Waals surface area contributed by atoms with Crippen LogP contribution in [0, 0.1) is 11.8 Å². The van der Waals surface area contributed by atoms with Crippen molar-refractivity contribution in [2.75, 3.05) is 38.3 Å². The van der Waals surface area contributed by atoms with Crippen LogP contribution in [0.5, 0.6) is 5.75 Å². The van der Waals surface area contributed by atoms with Crippen LogP contribution in [-0.4, -0.2) is 90.9 Å². The van der Waals surface area contributed by atoms with Crippen LogP contribution in [0.25, 0.3) is 0 Å². The molecule has 0 aliphatic carbocycles. The van der Waals surface area contributed by atoms with Gasteiger partial charge in [0.05, 0.1) is 31.6 Å². The second-order valence-corrected chi connectivity index (χ2v) is 11.0. The van der Waals surface area contributed by atoms with Gasteiger partial charge in [-0.3, -0.25) is 19.2 Å². The van der Waals surface area contributed by atoms with Gasteiger partial charge in [0.25, 0.3) is 5.91 Å². The van der Waals surface area contributed by atoms with Crippen LogP contribution < -0.4 is 15.0 Å². The van der Waals surface area contributed by atoms with Crippen molar-refractivity contribution in [1.82, 2.24) is 10.2 Å². The largest absolute Gasteiger partial charge is 0.497 e. The molecule has 0 aromatic heterocycles. The molecule has 3 aliphatic rings.